The van der Waals surface area contributed by atoms with E-state index >= 15 is 0 Å². The highest BCUT2D eigenvalue weighted by molar-refractivity contribution is 6.18. The van der Waals surface area contributed by atoms with E-state index in [4.69, 9.17) is 0 Å². The lowest BCUT2D eigenvalue weighted by Crippen LogP contribution is -2.42. The molecule has 4 aromatic rings. The summed E-state index contributed by atoms with van der Waals surface area (Å²) in [6, 6.07) is 21.5. The Labute approximate surface area is 166 Å². The number of nitrogens with one attached hydrogen (secondary N) is 1. The summed E-state index contributed by atoms with van der Waals surface area (Å²) >= 11 is 0. The standard InChI is InChI=1S/C24H18FNO3/c25-18-9-5-6-15(12-18)13-21(24(28)29)26-23(27)22-19-10-3-1-7-16(19)14-17-8-2-4-11-20(17)22/h1-12,14,21H,13H2,(H,26,27)(H,28,29)/t21-/m0/s1. The predicted octanol–water partition coefficient (Wildman–Crippen LogP) is 4.56. The number of carbonyl (C=O) groups is 2. The average Bonchev–Trinajstić information content (AvgIpc) is 2.71. The summed E-state index contributed by atoms with van der Waals surface area (Å²) in [5.41, 5.74) is 0.935. The van der Waals surface area contributed by atoms with Crippen molar-refractivity contribution >= 4 is 33.4 Å². The van der Waals surface area contributed by atoms with Gasteiger partial charge in [0.25, 0.3) is 5.91 Å². The Hall–Kier alpha value is -3.73. The van der Waals surface area contributed by atoms with Crippen molar-refractivity contribution in [1.82, 2.24) is 5.32 Å². The molecule has 4 aromatic carbocycles. The molecule has 0 fully saturated rings. The number of halogens is 1. The van der Waals surface area contributed by atoms with Crippen LogP contribution in [0.25, 0.3) is 21.5 Å². The number of rotatable bonds is 5. The number of benzene rings is 4. The highest BCUT2D eigenvalue weighted by atomic mass is 19.1. The minimum atomic E-state index is -1.18. The first-order valence-electron chi connectivity index (χ1n) is 9.21. The lowest BCUT2D eigenvalue weighted by atomic mass is 9.96. The first-order chi connectivity index (χ1) is 14.0. The number of hydrogen-bond acceptors (Lipinski definition) is 2. The minimum absolute atomic E-state index is 0.0124. The molecule has 0 aliphatic rings. The Morgan fingerprint density at radius 2 is 1.48 bits per heavy atom. The van der Waals surface area contributed by atoms with E-state index in [1.54, 1.807) is 6.07 Å². The molecule has 0 aliphatic heterocycles. The average molecular weight is 387 g/mol. The second-order valence-corrected chi connectivity index (χ2v) is 6.89. The summed E-state index contributed by atoms with van der Waals surface area (Å²) in [6.45, 7) is 0. The van der Waals surface area contributed by atoms with Crippen molar-refractivity contribution < 1.29 is 19.1 Å². The van der Waals surface area contributed by atoms with Crippen molar-refractivity contribution in [2.45, 2.75) is 12.5 Å². The minimum Gasteiger partial charge on any atom is -0.480 e. The van der Waals surface area contributed by atoms with Gasteiger partial charge in [-0.3, -0.25) is 4.79 Å². The monoisotopic (exact) mass is 387 g/mol. The Bertz CT molecular complexity index is 1180. The van der Waals surface area contributed by atoms with Gasteiger partial charge >= 0.3 is 5.97 Å². The molecule has 29 heavy (non-hydrogen) atoms. The molecule has 0 spiro atoms. The van der Waals surface area contributed by atoms with Gasteiger partial charge in [-0.1, -0.05) is 60.7 Å². The van der Waals surface area contributed by atoms with Crippen molar-refractivity contribution in [3.05, 3.63) is 95.8 Å². The van der Waals surface area contributed by atoms with Crippen LogP contribution in [0, 0.1) is 5.82 Å². The van der Waals surface area contributed by atoms with Gasteiger partial charge in [0, 0.05) is 6.42 Å². The van der Waals surface area contributed by atoms with Crippen LogP contribution >= 0.6 is 0 Å². The fraction of sp³-hybridized carbons (Fsp3) is 0.0833. The van der Waals surface area contributed by atoms with Gasteiger partial charge in [0.1, 0.15) is 11.9 Å². The first kappa shape index (κ1) is 18.6. The number of aliphatic carboxylic acids is 1. The quantitative estimate of drug-likeness (QED) is 0.494. The second kappa shape index (κ2) is 7.72. The molecule has 1 amide bonds. The van der Waals surface area contributed by atoms with Crippen LogP contribution in [0.3, 0.4) is 0 Å². The summed E-state index contributed by atoms with van der Waals surface area (Å²) in [5, 5.41) is 15.5. The van der Waals surface area contributed by atoms with Gasteiger partial charge in [-0.05, 0) is 45.3 Å². The van der Waals surface area contributed by atoms with E-state index in [2.05, 4.69) is 5.32 Å². The molecule has 0 saturated carbocycles. The number of hydrogen-bond donors (Lipinski definition) is 2. The van der Waals surface area contributed by atoms with Crippen LogP contribution < -0.4 is 5.32 Å². The van der Waals surface area contributed by atoms with Gasteiger partial charge in [0.15, 0.2) is 0 Å². The largest absolute Gasteiger partial charge is 0.480 e. The van der Waals surface area contributed by atoms with Gasteiger partial charge in [-0.2, -0.15) is 0 Å². The van der Waals surface area contributed by atoms with Crippen LogP contribution in [-0.4, -0.2) is 23.0 Å². The third kappa shape index (κ3) is 3.80. The highest BCUT2D eigenvalue weighted by Crippen LogP contribution is 2.28. The lowest BCUT2D eigenvalue weighted by molar-refractivity contribution is -0.139. The van der Waals surface area contributed by atoms with Crippen LogP contribution in [0.4, 0.5) is 4.39 Å². The maximum atomic E-state index is 13.5. The van der Waals surface area contributed by atoms with E-state index in [9.17, 15) is 19.1 Å². The third-order valence-electron chi connectivity index (χ3n) is 4.93. The molecular weight excluding hydrogens is 369 g/mol. The molecule has 5 heteroatoms. The Balaban J connectivity index is 1.74. The fourth-order valence-corrected chi connectivity index (χ4v) is 3.59. The van der Waals surface area contributed by atoms with Crippen LogP contribution in [0.1, 0.15) is 15.9 Å². The molecule has 4 rings (SSSR count). The zero-order valence-electron chi connectivity index (χ0n) is 15.4. The van der Waals surface area contributed by atoms with E-state index < -0.39 is 23.7 Å². The third-order valence-corrected chi connectivity index (χ3v) is 4.93. The maximum absolute atomic E-state index is 13.5. The van der Waals surface area contributed by atoms with Crippen molar-refractivity contribution in [2.24, 2.45) is 0 Å². The van der Waals surface area contributed by atoms with Crippen LogP contribution in [0.2, 0.25) is 0 Å². The molecule has 144 valence electrons. The summed E-state index contributed by atoms with van der Waals surface area (Å²) < 4.78 is 13.5. The molecule has 0 bridgehead atoms. The van der Waals surface area contributed by atoms with Crippen LogP contribution in [0.15, 0.2) is 78.9 Å². The predicted molar refractivity (Wildman–Crippen MR) is 110 cm³/mol. The summed E-state index contributed by atoms with van der Waals surface area (Å²) in [7, 11) is 0. The van der Waals surface area contributed by atoms with E-state index in [0.717, 1.165) is 21.5 Å². The van der Waals surface area contributed by atoms with Gasteiger partial charge in [0.2, 0.25) is 0 Å². The Kier molecular flexibility index (Phi) is 4.96. The molecule has 0 radical (unpaired) electrons. The van der Waals surface area contributed by atoms with Gasteiger partial charge in [0.05, 0.1) is 5.56 Å². The molecule has 4 nitrogen and oxygen atoms in total. The second-order valence-electron chi connectivity index (χ2n) is 6.89. The molecule has 1 atom stereocenters. The van der Waals surface area contributed by atoms with Crippen molar-refractivity contribution in [2.75, 3.05) is 0 Å². The summed E-state index contributed by atoms with van der Waals surface area (Å²) in [6.07, 6.45) is -0.0124. The van der Waals surface area contributed by atoms with E-state index in [0.29, 0.717) is 11.1 Å². The van der Waals surface area contributed by atoms with E-state index in [1.807, 2.05) is 54.6 Å². The molecular formula is C24H18FNO3. The normalized spacial score (nSPS) is 12.0. The maximum Gasteiger partial charge on any atom is 0.326 e. The first-order valence-corrected chi connectivity index (χ1v) is 9.21. The van der Waals surface area contributed by atoms with E-state index in [-0.39, 0.29) is 6.42 Å². The Morgan fingerprint density at radius 3 is 2.07 bits per heavy atom. The zero-order chi connectivity index (χ0) is 20.4. The SMILES string of the molecule is O=C(N[C@@H](Cc1cccc(F)c1)C(=O)O)c1c2ccccc2cc2ccccc12. The van der Waals surface area contributed by atoms with Crippen LogP contribution in [0.5, 0.6) is 0 Å². The Morgan fingerprint density at radius 1 is 0.862 bits per heavy atom. The van der Waals surface area contributed by atoms with Gasteiger partial charge < -0.3 is 10.4 Å². The molecule has 2 N–H and O–H groups in total. The van der Waals surface area contributed by atoms with Gasteiger partial charge in [-0.15, -0.1) is 0 Å². The number of amides is 1. The number of fused-ring (bicyclic) bond motifs is 2. The summed E-state index contributed by atoms with van der Waals surface area (Å²) in [4.78, 5) is 25.0. The van der Waals surface area contributed by atoms with Crippen molar-refractivity contribution in [1.29, 1.82) is 0 Å². The number of carboxylic acids is 1. The molecule has 0 aliphatic carbocycles. The van der Waals surface area contributed by atoms with Crippen molar-refractivity contribution in [3.8, 4) is 0 Å². The van der Waals surface area contributed by atoms with E-state index in [1.165, 1.54) is 18.2 Å². The molecule has 0 unspecified atom stereocenters. The molecule has 0 aromatic heterocycles. The van der Waals surface area contributed by atoms with Crippen LogP contribution in [-0.2, 0) is 11.2 Å². The number of carbonyl (C=O) groups excluding carboxylic acids is 1. The topological polar surface area (TPSA) is 66.4 Å². The lowest BCUT2D eigenvalue weighted by Gasteiger charge is -2.17. The molecule has 0 heterocycles. The molecule has 0 saturated heterocycles. The van der Waals surface area contributed by atoms with Crippen molar-refractivity contribution in [3.63, 3.8) is 0 Å². The zero-order valence-corrected chi connectivity index (χ0v) is 15.4. The smallest absolute Gasteiger partial charge is 0.326 e. The van der Waals surface area contributed by atoms with Gasteiger partial charge in [-0.25, -0.2) is 9.18 Å². The number of carboxylic acid groups (broad SMARTS) is 1. The fourth-order valence-electron chi connectivity index (χ4n) is 3.59. The summed E-state index contributed by atoms with van der Waals surface area (Å²) in [5.74, 6) is -2.09. The highest BCUT2D eigenvalue weighted by Gasteiger charge is 2.23.